The summed E-state index contributed by atoms with van der Waals surface area (Å²) in [5, 5.41) is 0. The summed E-state index contributed by atoms with van der Waals surface area (Å²) in [5.74, 6) is 0. The lowest BCUT2D eigenvalue weighted by atomic mass is 9.99. The molecule has 0 spiro atoms. The molecule has 1 aromatic rings. The lowest BCUT2D eigenvalue weighted by Gasteiger charge is -2.27. The molecule has 0 saturated carbocycles. The predicted molar refractivity (Wildman–Crippen MR) is 79.2 cm³/mol. The van der Waals surface area contributed by atoms with Crippen LogP contribution in [0.15, 0.2) is 24.3 Å². The Morgan fingerprint density at radius 3 is 2.32 bits per heavy atom. The summed E-state index contributed by atoms with van der Waals surface area (Å²) in [6.07, 6.45) is 0.866. The van der Waals surface area contributed by atoms with Crippen molar-refractivity contribution in [3.63, 3.8) is 0 Å². The molecule has 3 heteroatoms. The quantitative estimate of drug-likeness (QED) is 0.785. The van der Waals surface area contributed by atoms with Crippen molar-refractivity contribution in [1.29, 1.82) is 0 Å². The van der Waals surface area contributed by atoms with E-state index in [2.05, 4.69) is 38.1 Å². The van der Waals surface area contributed by atoms with E-state index >= 15 is 0 Å². The van der Waals surface area contributed by atoms with E-state index in [9.17, 15) is 0 Å². The van der Waals surface area contributed by atoms with Gasteiger partial charge in [-0.1, -0.05) is 36.8 Å². The number of ether oxygens (including phenoxy) is 2. The van der Waals surface area contributed by atoms with Crippen LogP contribution in [-0.4, -0.2) is 25.4 Å². The van der Waals surface area contributed by atoms with Gasteiger partial charge in [0, 0.05) is 12.6 Å². The normalized spacial score (nSPS) is 16.1. The van der Waals surface area contributed by atoms with Crippen LogP contribution in [0.5, 0.6) is 0 Å². The van der Waals surface area contributed by atoms with E-state index in [-0.39, 0.29) is 18.2 Å². The van der Waals surface area contributed by atoms with E-state index in [4.69, 9.17) is 15.2 Å². The van der Waals surface area contributed by atoms with Crippen LogP contribution < -0.4 is 5.73 Å². The zero-order valence-corrected chi connectivity index (χ0v) is 12.6. The average Bonchev–Trinajstić information content (AvgIpc) is 2.42. The van der Waals surface area contributed by atoms with Gasteiger partial charge in [-0.2, -0.15) is 0 Å². The Hall–Kier alpha value is -0.900. The predicted octanol–water partition coefficient (Wildman–Crippen LogP) is 3.22. The van der Waals surface area contributed by atoms with Gasteiger partial charge in [-0.3, -0.25) is 0 Å². The molecule has 0 amide bonds. The van der Waals surface area contributed by atoms with E-state index in [1.807, 2.05) is 13.8 Å². The molecule has 19 heavy (non-hydrogen) atoms. The SMILES string of the molecule is CCOCC(C)OC(c1ccc(C)cc1)C(N)CC. The second-order valence-electron chi connectivity index (χ2n) is 5.01. The van der Waals surface area contributed by atoms with Crippen LogP contribution in [0.1, 0.15) is 44.4 Å². The zero-order chi connectivity index (χ0) is 14.3. The molecule has 108 valence electrons. The number of benzene rings is 1. The maximum atomic E-state index is 6.20. The van der Waals surface area contributed by atoms with Gasteiger partial charge in [-0.25, -0.2) is 0 Å². The Morgan fingerprint density at radius 2 is 1.79 bits per heavy atom. The number of nitrogens with two attached hydrogens (primary N) is 1. The maximum absolute atomic E-state index is 6.20. The van der Waals surface area contributed by atoms with Gasteiger partial charge in [0.1, 0.15) is 0 Å². The first-order chi connectivity index (χ1) is 9.08. The standard InChI is InChI=1S/C16H27NO2/c1-5-15(17)16(19-13(4)11-18-6-2)14-9-7-12(3)8-10-14/h7-10,13,15-16H,5-6,11,17H2,1-4H3. The molecule has 1 aromatic carbocycles. The Bertz CT molecular complexity index is 350. The lowest BCUT2D eigenvalue weighted by Crippen LogP contribution is -2.33. The van der Waals surface area contributed by atoms with Crippen LogP contribution in [0.25, 0.3) is 0 Å². The van der Waals surface area contributed by atoms with Crippen molar-refractivity contribution < 1.29 is 9.47 Å². The minimum atomic E-state index is -0.0685. The van der Waals surface area contributed by atoms with Gasteiger partial charge >= 0.3 is 0 Å². The molecule has 0 bridgehead atoms. The highest BCUT2D eigenvalue weighted by Crippen LogP contribution is 2.24. The third kappa shape index (κ3) is 5.31. The van der Waals surface area contributed by atoms with Crippen LogP contribution in [0.4, 0.5) is 0 Å². The van der Waals surface area contributed by atoms with Gasteiger partial charge in [0.25, 0.3) is 0 Å². The molecule has 0 aliphatic heterocycles. The van der Waals surface area contributed by atoms with Crippen LogP contribution in [0.2, 0.25) is 0 Å². The first-order valence-corrected chi connectivity index (χ1v) is 7.13. The average molecular weight is 265 g/mol. The van der Waals surface area contributed by atoms with Crippen LogP contribution in [0.3, 0.4) is 0 Å². The second kappa shape index (κ2) is 8.31. The number of hydrogen-bond donors (Lipinski definition) is 1. The molecule has 3 unspecified atom stereocenters. The Labute approximate surface area is 117 Å². The highest BCUT2D eigenvalue weighted by Gasteiger charge is 2.21. The van der Waals surface area contributed by atoms with Crippen molar-refractivity contribution in [3.05, 3.63) is 35.4 Å². The van der Waals surface area contributed by atoms with Gasteiger partial charge < -0.3 is 15.2 Å². The summed E-state index contributed by atoms with van der Waals surface area (Å²) in [6.45, 7) is 9.50. The molecule has 2 N–H and O–H groups in total. The topological polar surface area (TPSA) is 44.5 Å². The van der Waals surface area contributed by atoms with E-state index < -0.39 is 0 Å². The molecule has 0 heterocycles. The molecule has 0 aliphatic carbocycles. The number of aryl methyl sites for hydroxylation is 1. The maximum Gasteiger partial charge on any atom is 0.0980 e. The fraction of sp³-hybridized carbons (Fsp3) is 0.625. The molecule has 0 aliphatic rings. The smallest absolute Gasteiger partial charge is 0.0980 e. The van der Waals surface area contributed by atoms with Crippen molar-refractivity contribution >= 4 is 0 Å². The fourth-order valence-electron chi connectivity index (χ4n) is 1.97. The van der Waals surface area contributed by atoms with Crippen LogP contribution in [0, 0.1) is 6.92 Å². The zero-order valence-electron chi connectivity index (χ0n) is 12.6. The first-order valence-electron chi connectivity index (χ1n) is 7.13. The summed E-state index contributed by atoms with van der Waals surface area (Å²) in [7, 11) is 0. The van der Waals surface area contributed by atoms with Gasteiger partial charge in [-0.05, 0) is 32.8 Å². The van der Waals surface area contributed by atoms with E-state index in [1.54, 1.807) is 0 Å². The Morgan fingerprint density at radius 1 is 1.16 bits per heavy atom. The summed E-state index contributed by atoms with van der Waals surface area (Å²) in [6, 6.07) is 8.40. The molecule has 0 saturated heterocycles. The summed E-state index contributed by atoms with van der Waals surface area (Å²) in [5.41, 5.74) is 8.59. The molecule has 0 aromatic heterocycles. The van der Waals surface area contributed by atoms with Crippen molar-refractivity contribution in [2.75, 3.05) is 13.2 Å². The molecule has 0 fully saturated rings. The molecule has 0 radical (unpaired) electrons. The van der Waals surface area contributed by atoms with Crippen molar-refractivity contribution in [3.8, 4) is 0 Å². The Balaban J connectivity index is 2.74. The molecule has 1 rings (SSSR count). The van der Waals surface area contributed by atoms with E-state index in [0.717, 1.165) is 12.0 Å². The van der Waals surface area contributed by atoms with E-state index in [0.29, 0.717) is 13.2 Å². The van der Waals surface area contributed by atoms with Crippen LogP contribution in [-0.2, 0) is 9.47 Å². The summed E-state index contributed by atoms with van der Waals surface area (Å²) >= 11 is 0. The summed E-state index contributed by atoms with van der Waals surface area (Å²) in [4.78, 5) is 0. The third-order valence-corrected chi connectivity index (χ3v) is 3.20. The number of rotatable bonds is 8. The van der Waals surface area contributed by atoms with Gasteiger partial charge in [0.15, 0.2) is 0 Å². The molecular weight excluding hydrogens is 238 g/mol. The second-order valence-corrected chi connectivity index (χ2v) is 5.01. The monoisotopic (exact) mass is 265 g/mol. The van der Waals surface area contributed by atoms with Crippen molar-refractivity contribution in [1.82, 2.24) is 0 Å². The number of hydrogen-bond acceptors (Lipinski definition) is 3. The minimum absolute atomic E-state index is 0.00628. The highest BCUT2D eigenvalue weighted by molar-refractivity contribution is 5.24. The first kappa shape index (κ1) is 16.2. The molecule has 3 atom stereocenters. The molecule has 3 nitrogen and oxygen atoms in total. The van der Waals surface area contributed by atoms with Crippen LogP contribution >= 0.6 is 0 Å². The third-order valence-electron chi connectivity index (χ3n) is 3.20. The lowest BCUT2D eigenvalue weighted by molar-refractivity contribution is -0.0574. The van der Waals surface area contributed by atoms with Crippen molar-refractivity contribution in [2.24, 2.45) is 5.73 Å². The Kier molecular flexibility index (Phi) is 7.06. The summed E-state index contributed by atoms with van der Waals surface area (Å²) < 4.78 is 11.5. The van der Waals surface area contributed by atoms with Gasteiger partial charge in [0.05, 0.1) is 18.8 Å². The fourth-order valence-corrected chi connectivity index (χ4v) is 1.97. The van der Waals surface area contributed by atoms with Crippen molar-refractivity contribution in [2.45, 2.75) is 52.4 Å². The largest absolute Gasteiger partial charge is 0.379 e. The highest BCUT2D eigenvalue weighted by atomic mass is 16.5. The minimum Gasteiger partial charge on any atom is -0.379 e. The molecular formula is C16H27NO2. The van der Waals surface area contributed by atoms with Gasteiger partial charge in [0.2, 0.25) is 0 Å². The van der Waals surface area contributed by atoms with Gasteiger partial charge in [-0.15, -0.1) is 0 Å². The van der Waals surface area contributed by atoms with E-state index in [1.165, 1.54) is 5.56 Å².